The molecule has 0 aliphatic carbocycles. The molecule has 0 fully saturated rings. The van der Waals surface area contributed by atoms with Gasteiger partial charge in [-0.15, -0.1) is 0 Å². The van der Waals surface area contributed by atoms with Gasteiger partial charge in [-0.05, 0) is 0 Å². The number of rotatable bonds is 14. The van der Waals surface area contributed by atoms with Crippen molar-refractivity contribution in [3.05, 3.63) is 89.5 Å². The first-order valence-corrected chi connectivity index (χ1v) is 16.0. The Balaban J connectivity index is 1.86. The standard InChI is InChI=1S/C33H47P/c1-5-6-7-8-9-10-11-12-13-20-27-34(31-24-17-14-21-28(31)2,32-25-18-15-22-29(32)3)33-26-19-16-23-30(33)4/h14-19,21-26,34H,5-13,20,27H2,1-4H3. The van der Waals surface area contributed by atoms with Crippen molar-refractivity contribution in [1.82, 2.24) is 0 Å². The second-order valence-electron chi connectivity index (χ2n) is 10.3. The molecule has 0 heterocycles. The molecule has 0 atom stereocenters. The van der Waals surface area contributed by atoms with Crippen LogP contribution in [-0.4, -0.2) is 6.16 Å². The summed E-state index contributed by atoms with van der Waals surface area (Å²) in [6.45, 7) is 9.28. The van der Waals surface area contributed by atoms with E-state index in [0.717, 1.165) is 0 Å². The van der Waals surface area contributed by atoms with Crippen LogP contribution in [0.3, 0.4) is 0 Å². The second-order valence-corrected chi connectivity index (χ2v) is 14.2. The van der Waals surface area contributed by atoms with E-state index >= 15 is 0 Å². The van der Waals surface area contributed by atoms with Crippen molar-refractivity contribution in [3.63, 3.8) is 0 Å². The van der Waals surface area contributed by atoms with Crippen LogP contribution in [-0.2, 0) is 0 Å². The molecule has 1 heteroatoms. The third kappa shape index (κ3) is 6.60. The zero-order chi connectivity index (χ0) is 24.2. The molecule has 0 bridgehead atoms. The van der Waals surface area contributed by atoms with Crippen molar-refractivity contribution in [2.24, 2.45) is 0 Å². The molecule has 0 saturated heterocycles. The van der Waals surface area contributed by atoms with Gasteiger partial charge in [0.15, 0.2) is 0 Å². The molecule has 3 rings (SSSR count). The Hall–Kier alpha value is -1.91. The predicted octanol–water partition coefficient (Wildman–Crippen LogP) is 8.56. The van der Waals surface area contributed by atoms with Gasteiger partial charge in [-0.3, -0.25) is 0 Å². The predicted molar refractivity (Wildman–Crippen MR) is 157 cm³/mol. The first-order chi connectivity index (χ1) is 16.6. The number of aryl methyl sites for hydroxylation is 3. The average Bonchev–Trinajstić information content (AvgIpc) is 2.85. The summed E-state index contributed by atoms with van der Waals surface area (Å²) in [5.74, 6) is 0. The molecule has 0 N–H and O–H groups in total. The van der Waals surface area contributed by atoms with E-state index in [1.165, 1.54) is 87.1 Å². The van der Waals surface area contributed by atoms with Crippen molar-refractivity contribution in [2.75, 3.05) is 6.16 Å². The third-order valence-corrected chi connectivity index (χ3v) is 13.3. The zero-order valence-corrected chi connectivity index (χ0v) is 23.2. The first-order valence-electron chi connectivity index (χ1n) is 13.8. The molecule has 0 amide bonds. The summed E-state index contributed by atoms with van der Waals surface area (Å²) in [4.78, 5) is 0. The maximum atomic E-state index is 2.44. The van der Waals surface area contributed by atoms with Crippen LogP contribution < -0.4 is 15.9 Å². The van der Waals surface area contributed by atoms with Gasteiger partial charge < -0.3 is 0 Å². The Kier molecular flexibility index (Phi) is 10.9. The fourth-order valence-electron chi connectivity index (χ4n) is 5.87. The Morgan fingerprint density at radius 2 is 0.765 bits per heavy atom. The van der Waals surface area contributed by atoms with Gasteiger partial charge in [0.05, 0.1) is 0 Å². The Morgan fingerprint density at radius 1 is 0.441 bits per heavy atom. The molecule has 0 aromatic heterocycles. The minimum atomic E-state index is -2.15. The van der Waals surface area contributed by atoms with Crippen LogP contribution in [0.5, 0.6) is 0 Å². The van der Waals surface area contributed by atoms with Crippen LogP contribution in [0.25, 0.3) is 0 Å². The first kappa shape index (κ1) is 26.7. The fourth-order valence-corrected chi connectivity index (χ4v) is 11.7. The van der Waals surface area contributed by atoms with Crippen molar-refractivity contribution in [1.29, 1.82) is 0 Å². The van der Waals surface area contributed by atoms with E-state index in [2.05, 4.69) is 100 Å². The summed E-state index contributed by atoms with van der Waals surface area (Å²) >= 11 is 0. The molecule has 0 aliphatic heterocycles. The van der Waals surface area contributed by atoms with E-state index in [1.807, 2.05) is 0 Å². The third-order valence-electron chi connectivity index (χ3n) is 7.72. The van der Waals surface area contributed by atoms with Gasteiger partial charge in [-0.2, -0.15) is 0 Å². The van der Waals surface area contributed by atoms with Crippen LogP contribution in [0.15, 0.2) is 72.8 Å². The summed E-state index contributed by atoms with van der Waals surface area (Å²) in [6.07, 6.45) is 15.2. The Bertz CT molecular complexity index is 892. The molecule has 0 nitrogen and oxygen atoms in total. The van der Waals surface area contributed by atoms with Crippen molar-refractivity contribution >= 4 is 23.2 Å². The van der Waals surface area contributed by atoms with Crippen LogP contribution in [0.2, 0.25) is 0 Å². The summed E-state index contributed by atoms with van der Waals surface area (Å²) in [5, 5.41) is 4.82. The van der Waals surface area contributed by atoms with Gasteiger partial charge >= 0.3 is 211 Å². The number of hydrogen-bond acceptors (Lipinski definition) is 0. The van der Waals surface area contributed by atoms with Gasteiger partial charge in [0, 0.05) is 0 Å². The van der Waals surface area contributed by atoms with Crippen LogP contribution in [0, 0.1) is 20.8 Å². The topological polar surface area (TPSA) is 0 Å². The number of hydrogen-bond donors (Lipinski definition) is 0. The molecule has 3 aromatic rings. The van der Waals surface area contributed by atoms with E-state index in [0.29, 0.717) is 0 Å². The second kappa shape index (κ2) is 13.8. The Morgan fingerprint density at radius 3 is 1.12 bits per heavy atom. The van der Waals surface area contributed by atoms with Crippen molar-refractivity contribution in [3.8, 4) is 0 Å². The summed E-state index contributed by atoms with van der Waals surface area (Å²) in [6, 6.07) is 27.7. The molecule has 0 unspecified atom stereocenters. The van der Waals surface area contributed by atoms with Gasteiger partial charge in [-0.25, -0.2) is 0 Å². The summed E-state index contributed by atoms with van der Waals surface area (Å²) in [7, 11) is -2.15. The molecular weight excluding hydrogens is 427 g/mol. The molecule has 0 saturated carbocycles. The van der Waals surface area contributed by atoms with E-state index in [9.17, 15) is 0 Å². The summed E-state index contributed by atoms with van der Waals surface area (Å²) in [5.41, 5.74) is 4.35. The Labute approximate surface area is 210 Å². The monoisotopic (exact) mass is 474 g/mol. The van der Waals surface area contributed by atoms with E-state index < -0.39 is 7.26 Å². The summed E-state index contributed by atoms with van der Waals surface area (Å²) < 4.78 is 0. The van der Waals surface area contributed by atoms with Gasteiger partial charge in [-0.1, -0.05) is 0 Å². The molecule has 184 valence electrons. The molecular formula is C33H47P. The SMILES string of the molecule is CCCCCCCCCCCC[PH](c1ccccc1C)(c1ccccc1C)c1ccccc1C. The quantitative estimate of drug-likeness (QED) is 0.162. The minimum absolute atomic E-state index is 1.30. The molecule has 0 aliphatic rings. The maximum absolute atomic E-state index is 2.44. The molecule has 0 spiro atoms. The molecule has 34 heavy (non-hydrogen) atoms. The fraction of sp³-hybridized carbons (Fsp3) is 0.455. The van der Waals surface area contributed by atoms with E-state index in [1.54, 1.807) is 15.9 Å². The average molecular weight is 475 g/mol. The zero-order valence-electron chi connectivity index (χ0n) is 22.2. The van der Waals surface area contributed by atoms with Crippen LogP contribution in [0.1, 0.15) is 87.8 Å². The van der Waals surface area contributed by atoms with Gasteiger partial charge in [0.1, 0.15) is 0 Å². The van der Waals surface area contributed by atoms with Gasteiger partial charge in [0.2, 0.25) is 0 Å². The van der Waals surface area contributed by atoms with Crippen LogP contribution in [0.4, 0.5) is 0 Å². The van der Waals surface area contributed by atoms with Gasteiger partial charge in [0.25, 0.3) is 0 Å². The van der Waals surface area contributed by atoms with Crippen molar-refractivity contribution in [2.45, 2.75) is 91.9 Å². The number of benzene rings is 3. The van der Waals surface area contributed by atoms with E-state index in [4.69, 9.17) is 0 Å². The van der Waals surface area contributed by atoms with Crippen LogP contribution >= 0.6 is 7.26 Å². The molecule has 3 aromatic carbocycles. The van der Waals surface area contributed by atoms with E-state index in [-0.39, 0.29) is 0 Å². The number of unbranched alkanes of at least 4 members (excludes halogenated alkanes) is 9. The molecule has 0 radical (unpaired) electrons. The normalized spacial score (nSPS) is 12.1. The van der Waals surface area contributed by atoms with Crippen molar-refractivity contribution < 1.29 is 0 Å².